The Morgan fingerprint density at radius 3 is 0.794 bits per heavy atom. The van der Waals surface area contributed by atoms with Crippen molar-refractivity contribution in [2.24, 2.45) is 0 Å². The largest absolute Gasteiger partial charge is 0.490 e. The number of ether oxygens (including phenoxy) is 16. The predicted octanol–water partition coefficient (Wildman–Crippen LogP) is 19.7. The van der Waals surface area contributed by atoms with Crippen LogP contribution in [0.4, 0.5) is 0 Å². The first-order valence-corrected chi connectivity index (χ1v) is 52.5. The molecule has 16 nitrogen and oxygen atoms in total. The maximum Gasteiger partial charge on any atom is 0.135 e. The maximum absolute atomic E-state index is 6.40. The van der Waals surface area contributed by atoms with Gasteiger partial charge in [-0.05, 0) is 218 Å². The van der Waals surface area contributed by atoms with Crippen molar-refractivity contribution < 1.29 is 75.8 Å². The number of hydrogen-bond acceptors (Lipinski definition) is 16. The Balaban J connectivity index is 0.000000115. The molecule has 0 radical (unpaired) electrons. The van der Waals surface area contributed by atoms with Gasteiger partial charge in [-0.15, -0.1) is 73.9 Å². The quantitative estimate of drug-likeness (QED) is 0.0211. The van der Waals surface area contributed by atoms with Crippen LogP contribution >= 0.6 is 73.9 Å². The molecule has 8 aliphatic rings. The second-order valence-electron chi connectivity index (χ2n) is 38.2. The van der Waals surface area contributed by atoms with Crippen molar-refractivity contribution in [1.29, 1.82) is 0 Å². The summed E-state index contributed by atoms with van der Waals surface area (Å²) >= 11 is 0. The Morgan fingerprint density at radius 2 is 0.496 bits per heavy atom. The Bertz CT molecular complexity index is 6830. The van der Waals surface area contributed by atoms with E-state index < -0.39 is 0 Å². The monoisotopic (exact) mass is 2030 g/mol. The van der Waals surface area contributed by atoms with E-state index >= 15 is 0 Å². The van der Waals surface area contributed by atoms with Gasteiger partial charge in [-0.2, -0.15) is 0 Å². The van der Waals surface area contributed by atoms with Gasteiger partial charge in [0.05, 0.1) is 52.9 Å². The Kier molecular flexibility index (Phi) is 30.5. The summed E-state index contributed by atoms with van der Waals surface area (Å²) < 4.78 is 90.8. The van der Waals surface area contributed by atoms with Gasteiger partial charge in [-0.1, -0.05) is 217 Å². The second kappa shape index (κ2) is 43.5. The second-order valence-corrected chi connectivity index (χ2v) is 43.1. The van der Waals surface area contributed by atoms with E-state index in [-0.39, 0.29) is 67.1 Å². The van der Waals surface area contributed by atoms with Crippen LogP contribution in [0.5, 0.6) is 46.0 Å². The molecular formula is C117H120O16P8. The average Bonchev–Trinajstić information content (AvgIpc) is 1.59. The molecule has 724 valence electrons. The van der Waals surface area contributed by atoms with Gasteiger partial charge in [0.15, 0.2) is 0 Å². The highest BCUT2D eigenvalue weighted by atomic mass is 31.0. The van der Waals surface area contributed by atoms with Crippen molar-refractivity contribution in [1.82, 2.24) is 0 Å². The molecule has 0 bridgehead atoms. The average molecular weight is 2030 g/mol. The van der Waals surface area contributed by atoms with Gasteiger partial charge < -0.3 is 75.8 Å². The smallest absolute Gasteiger partial charge is 0.135 e. The summed E-state index contributed by atoms with van der Waals surface area (Å²) in [6.07, 6.45) is 3.55. The molecule has 8 heterocycles. The normalized spacial score (nSPS) is 18.7. The van der Waals surface area contributed by atoms with Gasteiger partial charge in [-0.25, -0.2) is 0 Å². The molecule has 8 fully saturated rings. The van der Waals surface area contributed by atoms with Crippen LogP contribution in [0.3, 0.4) is 0 Å². The molecule has 16 aromatic rings. The standard InChI is InChI=1S/C34H32O4P2.C30H36O4P2.2C26H24O4P2.CH4/c39-33-15-21(9-11-31(33)37-19-23-17-35-23)13-29-25-5-1-2-6-26(25)30(28-8-4-3-7-27(28)29)14-22-10-12-32(34(40)16-22)38-20-24-18-36-24;1-29(2,21-9-11-25(27(35)13-21)33-17-23-15-31-23)19-5-7-20(8-6-19)30(3,4)22-10-12-26(28(36)14-22)34-18-24-16-32-24;31-25-21-5-1-15(9-17(21)3-7-23(25)29-13-19-11-27-19)16-2-6-22-18(10-16)4-8-24(26(22)32)30-14-20-12-28-20;31-21-9-15-5-1-3-7-19(15)23(25(21)29-13-17-11-27-17)24-20-8-4-2-6-16(20)10-22(32)26(24)30-14-18-12-28-18;/h1-12,15-16,23-24H,13-14,17-20,39-40H2;5-14,23-24H,15-18,35-36H2,1-4H3;1-10,19-20H,11-14,31-32H2;1-10,17-18H,11-14,31-32H2;1H4. The molecule has 0 amide bonds. The van der Waals surface area contributed by atoms with E-state index in [9.17, 15) is 0 Å². The number of epoxide rings is 8. The van der Waals surface area contributed by atoms with E-state index in [1.165, 1.54) is 98.7 Å². The summed E-state index contributed by atoms with van der Waals surface area (Å²) in [6.45, 7) is 20.2. The fraction of sp³-hybridized carbons (Fsp3) is 0.282. The fourth-order valence-electron chi connectivity index (χ4n) is 18.1. The number of fused-ring (bicyclic) bond motifs is 6. The Labute approximate surface area is 844 Å². The lowest BCUT2D eigenvalue weighted by atomic mass is 9.74. The highest BCUT2D eigenvalue weighted by Gasteiger charge is 2.35. The zero-order chi connectivity index (χ0) is 95.9. The summed E-state index contributed by atoms with van der Waals surface area (Å²) in [5, 5.41) is 23.1. The van der Waals surface area contributed by atoms with Gasteiger partial charge in [0.25, 0.3) is 0 Å². The van der Waals surface area contributed by atoms with Crippen LogP contribution in [0.25, 0.3) is 86.9 Å². The third-order valence-corrected chi connectivity index (χ3v) is 31.0. The topological polar surface area (TPSA) is 174 Å². The van der Waals surface area contributed by atoms with Crippen molar-refractivity contribution in [3.8, 4) is 68.2 Å². The first-order chi connectivity index (χ1) is 68.1. The highest BCUT2D eigenvalue weighted by Crippen LogP contribution is 2.48. The van der Waals surface area contributed by atoms with Crippen LogP contribution in [0, 0.1) is 0 Å². The lowest BCUT2D eigenvalue weighted by Crippen LogP contribution is -2.23. The first kappa shape index (κ1) is 99.0. The number of rotatable bonds is 34. The van der Waals surface area contributed by atoms with Gasteiger partial charge in [0, 0.05) is 64.4 Å². The minimum Gasteiger partial charge on any atom is -0.490 e. The van der Waals surface area contributed by atoms with E-state index in [1.807, 2.05) is 12.1 Å². The van der Waals surface area contributed by atoms with Crippen LogP contribution < -0.4 is 80.3 Å². The number of hydrogen-bond donors (Lipinski definition) is 0. The number of benzene rings is 16. The van der Waals surface area contributed by atoms with E-state index in [0.29, 0.717) is 52.9 Å². The summed E-state index contributed by atoms with van der Waals surface area (Å²) in [5.74, 6) is 7.12. The van der Waals surface area contributed by atoms with Crippen molar-refractivity contribution >= 4 is 181 Å². The summed E-state index contributed by atoms with van der Waals surface area (Å²) in [5.41, 5.74) is 14.6. The first-order valence-electron chi connectivity index (χ1n) is 47.9. The molecule has 0 aliphatic carbocycles. The maximum atomic E-state index is 6.40. The van der Waals surface area contributed by atoms with Crippen molar-refractivity contribution in [2.45, 2.75) is 108 Å². The molecule has 16 aromatic carbocycles. The molecule has 24 heteroatoms. The van der Waals surface area contributed by atoms with Crippen LogP contribution in [-0.2, 0) is 61.6 Å². The summed E-state index contributed by atoms with van der Waals surface area (Å²) in [6, 6.07) is 95.5. The van der Waals surface area contributed by atoms with Gasteiger partial charge in [-0.3, -0.25) is 0 Å². The van der Waals surface area contributed by atoms with Crippen LogP contribution in [-0.4, -0.2) is 155 Å². The van der Waals surface area contributed by atoms with Gasteiger partial charge in [0.1, 0.15) is 148 Å². The third kappa shape index (κ3) is 23.9. The van der Waals surface area contributed by atoms with Crippen LogP contribution in [0.15, 0.2) is 267 Å². The fourth-order valence-corrected chi connectivity index (χ4v) is 21.3. The minimum absolute atomic E-state index is 0. The zero-order valence-corrected chi connectivity index (χ0v) is 88.1. The molecule has 8 aliphatic heterocycles. The molecule has 16 unspecified atom stereocenters. The van der Waals surface area contributed by atoms with E-state index in [1.54, 1.807) is 0 Å². The van der Waals surface area contributed by atoms with E-state index in [4.69, 9.17) is 75.8 Å². The van der Waals surface area contributed by atoms with Crippen LogP contribution in [0.2, 0.25) is 0 Å². The Morgan fingerprint density at radius 1 is 0.241 bits per heavy atom. The Hall–Kier alpha value is -9.40. The zero-order valence-electron chi connectivity index (χ0n) is 78.9. The molecule has 8 saturated heterocycles. The lowest BCUT2D eigenvalue weighted by Gasteiger charge is -2.30. The van der Waals surface area contributed by atoms with Gasteiger partial charge >= 0.3 is 0 Å². The molecule has 0 aromatic heterocycles. The molecule has 0 N–H and O–H groups in total. The van der Waals surface area contributed by atoms with Gasteiger partial charge in [0.2, 0.25) is 0 Å². The summed E-state index contributed by atoms with van der Waals surface area (Å²) in [7, 11) is 22.7. The minimum atomic E-state index is -0.135. The van der Waals surface area contributed by atoms with E-state index in [2.05, 4.69) is 356 Å². The van der Waals surface area contributed by atoms with E-state index in [0.717, 1.165) is 187 Å². The van der Waals surface area contributed by atoms with Crippen molar-refractivity contribution in [3.05, 3.63) is 311 Å². The molecule has 24 rings (SSSR count). The molecular weight excluding hydrogens is 1910 g/mol. The molecule has 0 saturated carbocycles. The van der Waals surface area contributed by atoms with Crippen molar-refractivity contribution in [3.63, 3.8) is 0 Å². The predicted molar refractivity (Wildman–Crippen MR) is 601 cm³/mol. The highest BCUT2D eigenvalue weighted by molar-refractivity contribution is 7.30. The molecule has 141 heavy (non-hydrogen) atoms. The lowest BCUT2D eigenvalue weighted by molar-refractivity contribution is 0.263. The van der Waals surface area contributed by atoms with Crippen LogP contribution in [0.1, 0.15) is 79.6 Å². The SMILES string of the molecule is C.CC(C)(c1ccc(C(C)(C)c2ccc(OCC3CO3)c(P)c2)cc1)c1ccc(OCC2CO2)c(P)c1.Pc1c(OCC2CO2)ccc2cc(-c3ccc4c(P)c(OCC5CO5)ccc4c3)ccc12.Pc1cc(Cc2c3ccccc3c(Cc3ccc(OCC4CO4)c(P)c3)c3ccccc23)ccc1OCC1CO1.Pc1cc2ccccc2c(-c2c(OCC3CO3)c(P)cc3ccccc23)c1OCC1CO1. The third-order valence-electron chi connectivity index (χ3n) is 27.1. The van der Waals surface area contributed by atoms with Crippen molar-refractivity contribution in [2.75, 3.05) is 106 Å². The summed E-state index contributed by atoms with van der Waals surface area (Å²) in [4.78, 5) is 0. The molecule has 0 spiro atoms. The molecule has 16 atom stereocenters.